The smallest absolute Gasteiger partial charge is 0.228 e. The summed E-state index contributed by atoms with van der Waals surface area (Å²) >= 11 is 0. The first kappa shape index (κ1) is 12.0. The van der Waals surface area contributed by atoms with E-state index in [0.29, 0.717) is 17.7 Å². The lowest BCUT2D eigenvalue weighted by atomic mass is 9.96. The third kappa shape index (κ3) is 3.03. The first-order valence-electron chi connectivity index (χ1n) is 6.48. The van der Waals surface area contributed by atoms with Crippen LogP contribution in [0.5, 0.6) is 0 Å². The second-order valence-corrected chi connectivity index (χ2v) is 4.57. The Kier molecular flexibility index (Phi) is 3.60. The first-order chi connectivity index (χ1) is 9.42. The number of aromatic nitrogens is 4. The molecule has 1 aliphatic heterocycles. The lowest BCUT2D eigenvalue weighted by molar-refractivity contribution is 0.454. The van der Waals surface area contributed by atoms with Crippen molar-refractivity contribution in [1.82, 2.24) is 25.3 Å². The van der Waals surface area contributed by atoms with Gasteiger partial charge in [-0.25, -0.2) is 15.0 Å². The Bertz CT molecular complexity index is 524. The van der Waals surface area contributed by atoms with Gasteiger partial charge in [0.15, 0.2) is 5.82 Å². The number of hydrogen-bond acceptors (Lipinski definition) is 6. The van der Waals surface area contributed by atoms with Crippen LogP contribution in [0.25, 0.3) is 0 Å². The maximum Gasteiger partial charge on any atom is 0.228 e. The third-order valence-electron chi connectivity index (χ3n) is 3.17. The van der Waals surface area contributed by atoms with Crippen LogP contribution in [-0.4, -0.2) is 33.0 Å². The Morgan fingerprint density at radius 2 is 2.11 bits per heavy atom. The molecule has 3 rings (SSSR count). The predicted octanol–water partition coefficient (Wildman–Crippen LogP) is 1.48. The maximum absolute atomic E-state index is 4.60. The van der Waals surface area contributed by atoms with Crippen molar-refractivity contribution in [2.45, 2.75) is 18.8 Å². The van der Waals surface area contributed by atoms with Crippen LogP contribution >= 0.6 is 0 Å². The van der Waals surface area contributed by atoms with E-state index in [2.05, 4.69) is 30.6 Å². The molecule has 19 heavy (non-hydrogen) atoms. The van der Waals surface area contributed by atoms with Crippen molar-refractivity contribution in [3.8, 4) is 0 Å². The normalized spacial score (nSPS) is 19.1. The van der Waals surface area contributed by atoms with Crippen LogP contribution in [0.4, 0.5) is 11.8 Å². The highest BCUT2D eigenvalue weighted by atomic mass is 15.1. The van der Waals surface area contributed by atoms with Crippen LogP contribution in [0.15, 0.2) is 30.9 Å². The van der Waals surface area contributed by atoms with Gasteiger partial charge in [0.25, 0.3) is 0 Å². The van der Waals surface area contributed by atoms with E-state index in [-0.39, 0.29) is 0 Å². The zero-order valence-electron chi connectivity index (χ0n) is 10.6. The van der Waals surface area contributed by atoms with Gasteiger partial charge in [0.05, 0.1) is 11.9 Å². The van der Waals surface area contributed by atoms with Gasteiger partial charge in [0.2, 0.25) is 5.95 Å². The molecule has 2 aromatic heterocycles. The number of anilines is 2. The summed E-state index contributed by atoms with van der Waals surface area (Å²) < 4.78 is 0. The van der Waals surface area contributed by atoms with Gasteiger partial charge in [-0.1, -0.05) is 0 Å². The molecule has 0 spiro atoms. The lowest BCUT2D eigenvalue weighted by Gasteiger charge is -2.22. The van der Waals surface area contributed by atoms with Crippen molar-refractivity contribution in [3.63, 3.8) is 0 Å². The molecule has 0 saturated carbocycles. The summed E-state index contributed by atoms with van der Waals surface area (Å²) in [5.41, 5.74) is 1.02. The molecule has 0 aromatic carbocycles. The predicted molar refractivity (Wildman–Crippen MR) is 72.2 cm³/mol. The van der Waals surface area contributed by atoms with Gasteiger partial charge < -0.3 is 10.6 Å². The van der Waals surface area contributed by atoms with Gasteiger partial charge in [-0.15, -0.1) is 0 Å². The van der Waals surface area contributed by atoms with Crippen LogP contribution in [0.3, 0.4) is 0 Å². The Labute approximate surface area is 111 Å². The van der Waals surface area contributed by atoms with Gasteiger partial charge >= 0.3 is 0 Å². The molecule has 1 aliphatic rings. The number of rotatable bonds is 3. The van der Waals surface area contributed by atoms with Gasteiger partial charge in [0.1, 0.15) is 0 Å². The molecule has 0 radical (unpaired) electrons. The highest BCUT2D eigenvalue weighted by Crippen LogP contribution is 2.22. The Balaban J connectivity index is 1.76. The molecule has 0 bridgehead atoms. The van der Waals surface area contributed by atoms with E-state index in [9.17, 15) is 0 Å². The minimum atomic E-state index is 0.444. The third-order valence-corrected chi connectivity index (χ3v) is 3.17. The molecule has 2 aromatic rings. The minimum Gasteiger partial charge on any atom is -0.316 e. The summed E-state index contributed by atoms with van der Waals surface area (Å²) in [5, 5.41) is 6.46. The van der Waals surface area contributed by atoms with E-state index in [1.54, 1.807) is 24.7 Å². The summed E-state index contributed by atoms with van der Waals surface area (Å²) in [6.07, 6.45) is 9.26. The minimum absolute atomic E-state index is 0.444. The Hall–Kier alpha value is -2.08. The van der Waals surface area contributed by atoms with Crippen LogP contribution < -0.4 is 10.6 Å². The molecule has 0 amide bonds. The average molecular weight is 256 g/mol. The first-order valence-corrected chi connectivity index (χ1v) is 6.48. The quantitative estimate of drug-likeness (QED) is 0.866. The molecule has 6 heteroatoms. The van der Waals surface area contributed by atoms with Crippen LogP contribution in [-0.2, 0) is 0 Å². The van der Waals surface area contributed by atoms with Crippen molar-refractivity contribution in [2.24, 2.45) is 0 Å². The van der Waals surface area contributed by atoms with Gasteiger partial charge in [0, 0.05) is 31.1 Å². The molecule has 3 heterocycles. The highest BCUT2D eigenvalue weighted by molar-refractivity contribution is 5.45. The lowest BCUT2D eigenvalue weighted by Crippen LogP contribution is -2.29. The van der Waals surface area contributed by atoms with Crippen molar-refractivity contribution in [2.75, 3.05) is 18.4 Å². The number of piperidine rings is 1. The molecular formula is C13H16N6. The van der Waals surface area contributed by atoms with E-state index < -0.39 is 0 Å². The van der Waals surface area contributed by atoms with E-state index >= 15 is 0 Å². The fraction of sp³-hybridized carbons (Fsp3) is 0.385. The largest absolute Gasteiger partial charge is 0.316 e. The number of nitrogens with one attached hydrogen (secondary N) is 2. The maximum atomic E-state index is 4.60. The topological polar surface area (TPSA) is 75.6 Å². The van der Waals surface area contributed by atoms with Crippen molar-refractivity contribution in [3.05, 3.63) is 36.5 Å². The molecule has 98 valence electrons. The molecular weight excluding hydrogens is 240 g/mol. The van der Waals surface area contributed by atoms with Gasteiger partial charge in [-0.3, -0.25) is 4.98 Å². The summed E-state index contributed by atoms with van der Waals surface area (Å²) in [4.78, 5) is 17.1. The zero-order valence-corrected chi connectivity index (χ0v) is 10.6. The van der Waals surface area contributed by atoms with E-state index in [1.807, 2.05) is 6.20 Å². The summed E-state index contributed by atoms with van der Waals surface area (Å²) in [7, 11) is 0. The fourth-order valence-corrected chi connectivity index (χ4v) is 2.22. The molecule has 2 N–H and O–H groups in total. The van der Waals surface area contributed by atoms with Gasteiger partial charge in [-0.2, -0.15) is 0 Å². The Morgan fingerprint density at radius 3 is 2.89 bits per heavy atom. The SMILES string of the molecule is c1cnc(Nc2cncc([C@H]3CCCNC3)n2)nc1. The molecule has 6 nitrogen and oxygen atoms in total. The molecule has 0 aliphatic carbocycles. The van der Waals surface area contributed by atoms with Crippen molar-refractivity contribution >= 4 is 11.8 Å². The van der Waals surface area contributed by atoms with Crippen LogP contribution in [0.2, 0.25) is 0 Å². The molecule has 1 atom stereocenters. The standard InChI is InChI=1S/C13H16N6/c1-3-10(7-14-4-1)11-8-15-9-12(18-11)19-13-16-5-2-6-17-13/h2,5-6,8-10,14H,1,3-4,7H2,(H,16,17,18,19)/t10-/m0/s1. The van der Waals surface area contributed by atoms with Crippen molar-refractivity contribution < 1.29 is 0 Å². The number of hydrogen-bond donors (Lipinski definition) is 2. The average Bonchev–Trinajstić information content (AvgIpc) is 2.49. The molecule has 1 fully saturated rings. The zero-order chi connectivity index (χ0) is 12.9. The molecule has 1 saturated heterocycles. The Morgan fingerprint density at radius 1 is 1.21 bits per heavy atom. The van der Waals surface area contributed by atoms with Crippen LogP contribution in [0, 0.1) is 0 Å². The monoisotopic (exact) mass is 256 g/mol. The van der Waals surface area contributed by atoms with E-state index in [0.717, 1.165) is 25.2 Å². The van der Waals surface area contributed by atoms with Crippen molar-refractivity contribution in [1.29, 1.82) is 0 Å². The second kappa shape index (κ2) is 5.71. The van der Waals surface area contributed by atoms with Gasteiger partial charge in [-0.05, 0) is 25.5 Å². The fourth-order valence-electron chi connectivity index (χ4n) is 2.22. The summed E-state index contributed by atoms with van der Waals surface area (Å²) in [6.45, 7) is 2.07. The highest BCUT2D eigenvalue weighted by Gasteiger charge is 2.17. The van der Waals surface area contributed by atoms with E-state index in [4.69, 9.17) is 0 Å². The van der Waals surface area contributed by atoms with Crippen LogP contribution in [0.1, 0.15) is 24.5 Å². The molecule has 0 unspecified atom stereocenters. The number of nitrogens with zero attached hydrogens (tertiary/aromatic N) is 4. The summed E-state index contributed by atoms with van der Waals surface area (Å²) in [6, 6.07) is 1.78. The van der Waals surface area contributed by atoms with E-state index in [1.165, 1.54) is 6.42 Å². The summed E-state index contributed by atoms with van der Waals surface area (Å²) in [5.74, 6) is 1.67. The second-order valence-electron chi connectivity index (χ2n) is 4.57.